The molecule has 0 N–H and O–H groups in total. The summed E-state index contributed by atoms with van der Waals surface area (Å²) < 4.78 is 35.5. The highest BCUT2D eigenvalue weighted by Gasteiger charge is 2.38. The van der Waals surface area contributed by atoms with Crippen molar-refractivity contribution in [3.8, 4) is 11.5 Å². The maximum atomic E-state index is 12.8. The molecule has 3 aliphatic heterocycles. The van der Waals surface area contributed by atoms with Crippen LogP contribution >= 0.6 is 11.6 Å². The van der Waals surface area contributed by atoms with Gasteiger partial charge in [0.15, 0.2) is 15.6 Å². The van der Waals surface area contributed by atoms with Crippen molar-refractivity contribution in [2.45, 2.75) is 19.0 Å². The smallest absolute Gasteiger partial charge is 0.231 e. The summed E-state index contributed by atoms with van der Waals surface area (Å²) >= 11 is 6.03. The summed E-state index contributed by atoms with van der Waals surface area (Å²) in [4.78, 5) is 14.8. The van der Waals surface area contributed by atoms with E-state index in [-0.39, 0.29) is 29.1 Å². The summed E-state index contributed by atoms with van der Waals surface area (Å²) in [5.41, 5.74) is 2.04. The first-order valence-corrected chi connectivity index (χ1v) is 11.5. The Balaban J connectivity index is 1.46. The third kappa shape index (κ3) is 3.43. The lowest BCUT2D eigenvalue weighted by Crippen LogP contribution is -2.41. The number of allylic oxidation sites excluding steroid dienone is 1. The number of hydrogen-bond donors (Lipinski definition) is 0. The molecule has 0 radical (unpaired) electrons. The predicted molar refractivity (Wildman–Crippen MR) is 109 cm³/mol. The SMILES string of the molecule is O=C1/C(=C/c2cccc(Cl)c2)Oc2c1ccc1c2CN([C@@H]2CCS(=O)(=O)C2)CO1. The summed E-state index contributed by atoms with van der Waals surface area (Å²) in [5, 5.41) is 0.579. The molecular weight excluding hydrogens is 414 g/mol. The number of ether oxygens (including phenoxy) is 2. The number of halogens is 1. The van der Waals surface area contributed by atoms with Crippen molar-refractivity contribution in [2.75, 3.05) is 18.2 Å². The Labute approximate surface area is 173 Å². The van der Waals surface area contributed by atoms with Crippen molar-refractivity contribution >= 4 is 33.3 Å². The Morgan fingerprint density at radius 1 is 1.21 bits per heavy atom. The molecular formula is C21H18ClNO5S. The second kappa shape index (κ2) is 6.86. The molecule has 3 aliphatic rings. The van der Waals surface area contributed by atoms with Crippen LogP contribution in [0.5, 0.6) is 11.5 Å². The van der Waals surface area contributed by atoms with Crippen LogP contribution in [0.15, 0.2) is 42.2 Å². The third-order valence-corrected chi connectivity index (χ3v) is 7.50. The van der Waals surface area contributed by atoms with E-state index in [0.29, 0.717) is 41.8 Å². The lowest BCUT2D eigenvalue weighted by molar-refractivity contribution is 0.0634. The number of Topliss-reactive ketones (excluding diaryl/α,β-unsaturated/α-hetero) is 1. The second-order valence-corrected chi connectivity index (χ2v) is 10.2. The first kappa shape index (κ1) is 18.7. The quantitative estimate of drug-likeness (QED) is 0.679. The molecule has 1 saturated heterocycles. The van der Waals surface area contributed by atoms with Gasteiger partial charge >= 0.3 is 0 Å². The monoisotopic (exact) mass is 431 g/mol. The molecule has 1 fully saturated rings. The number of carbonyl (C=O) groups excluding carboxylic acids is 1. The summed E-state index contributed by atoms with van der Waals surface area (Å²) in [5.74, 6) is 1.54. The zero-order valence-electron chi connectivity index (χ0n) is 15.4. The van der Waals surface area contributed by atoms with Crippen molar-refractivity contribution in [3.05, 3.63) is 63.9 Å². The minimum Gasteiger partial charge on any atom is -0.478 e. The fourth-order valence-electron chi connectivity index (χ4n) is 4.02. The van der Waals surface area contributed by atoms with Crippen LogP contribution in [0, 0.1) is 0 Å². The van der Waals surface area contributed by atoms with Crippen molar-refractivity contribution < 1.29 is 22.7 Å². The van der Waals surface area contributed by atoms with Crippen molar-refractivity contribution in [1.29, 1.82) is 0 Å². The lowest BCUT2D eigenvalue weighted by Gasteiger charge is -2.33. The third-order valence-electron chi connectivity index (χ3n) is 5.52. The molecule has 8 heteroatoms. The number of hydrogen-bond acceptors (Lipinski definition) is 6. The number of ketones is 1. The van der Waals surface area contributed by atoms with Crippen molar-refractivity contribution in [1.82, 2.24) is 4.90 Å². The summed E-state index contributed by atoms with van der Waals surface area (Å²) in [6, 6.07) is 10.6. The Hall–Kier alpha value is -2.35. The van der Waals surface area contributed by atoms with Gasteiger partial charge in [-0.2, -0.15) is 0 Å². The van der Waals surface area contributed by atoms with Crippen LogP contribution in [0.25, 0.3) is 6.08 Å². The zero-order valence-corrected chi connectivity index (χ0v) is 17.0. The van der Waals surface area contributed by atoms with Crippen molar-refractivity contribution in [3.63, 3.8) is 0 Å². The average Bonchev–Trinajstić information content (AvgIpc) is 3.21. The fraction of sp³-hybridized carbons (Fsp3) is 0.286. The summed E-state index contributed by atoms with van der Waals surface area (Å²) in [7, 11) is -2.99. The Morgan fingerprint density at radius 3 is 2.83 bits per heavy atom. The standard InChI is InChI=1S/C21H18ClNO5S/c22-14-3-1-2-13(8-14)9-19-20(24)16-4-5-18-17(21(16)28-19)10-23(12-27-18)15-6-7-29(25,26)11-15/h1-5,8-9,15H,6-7,10-12H2/b19-9-/t15-/m1/s1. The number of fused-ring (bicyclic) bond motifs is 3. The molecule has 2 aromatic carbocycles. The van der Waals surface area contributed by atoms with Crippen LogP contribution in [0.1, 0.15) is 27.9 Å². The normalized spacial score (nSPS) is 24.1. The average molecular weight is 432 g/mol. The number of rotatable bonds is 2. The highest BCUT2D eigenvalue weighted by Crippen LogP contribution is 2.42. The second-order valence-electron chi connectivity index (χ2n) is 7.49. The van der Waals surface area contributed by atoms with Gasteiger partial charge in [0.1, 0.15) is 18.2 Å². The molecule has 150 valence electrons. The van der Waals surface area contributed by atoms with E-state index < -0.39 is 9.84 Å². The largest absolute Gasteiger partial charge is 0.478 e. The zero-order chi connectivity index (χ0) is 20.2. The molecule has 2 aromatic rings. The van der Waals surface area contributed by atoms with Crippen LogP contribution in [-0.2, 0) is 16.4 Å². The van der Waals surface area contributed by atoms with Gasteiger partial charge in [-0.05, 0) is 42.3 Å². The van der Waals surface area contributed by atoms with Gasteiger partial charge in [-0.15, -0.1) is 0 Å². The predicted octanol–water partition coefficient (Wildman–Crippen LogP) is 3.30. The van der Waals surface area contributed by atoms with Gasteiger partial charge in [0.25, 0.3) is 0 Å². The highest BCUT2D eigenvalue weighted by atomic mass is 35.5. The Morgan fingerprint density at radius 2 is 2.07 bits per heavy atom. The molecule has 0 aromatic heterocycles. The van der Waals surface area contributed by atoms with Crippen LogP contribution in [0.2, 0.25) is 5.02 Å². The Kier molecular flexibility index (Phi) is 4.42. The lowest BCUT2D eigenvalue weighted by atomic mass is 10.0. The van der Waals surface area contributed by atoms with E-state index in [1.165, 1.54) is 0 Å². The summed E-state index contributed by atoms with van der Waals surface area (Å²) in [6.45, 7) is 0.807. The number of nitrogens with zero attached hydrogens (tertiary/aromatic N) is 1. The number of sulfone groups is 1. The minimum atomic E-state index is -2.99. The van der Waals surface area contributed by atoms with Gasteiger partial charge in [0, 0.05) is 17.6 Å². The highest BCUT2D eigenvalue weighted by molar-refractivity contribution is 7.91. The van der Waals surface area contributed by atoms with Crippen LogP contribution in [-0.4, -0.2) is 43.4 Å². The molecule has 5 rings (SSSR count). The van der Waals surface area contributed by atoms with Crippen LogP contribution in [0.3, 0.4) is 0 Å². The van der Waals surface area contributed by atoms with E-state index in [0.717, 1.165) is 11.1 Å². The van der Waals surface area contributed by atoms with Gasteiger partial charge in [-0.25, -0.2) is 8.42 Å². The maximum absolute atomic E-state index is 12.8. The molecule has 29 heavy (non-hydrogen) atoms. The van der Waals surface area contributed by atoms with E-state index in [2.05, 4.69) is 0 Å². The maximum Gasteiger partial charge on any atom is 0.231 e. The van der Waals surface area contributed by atoms with Gasteiger partial charge < -0.3 is 9.47 Å². The number of carbonyl (C=O) groups is 1. The van der Waals surface area contributed by atoms with E-state index in [1.807, 2.05) is 17.0 Å². The Bertz CT molecular complexity index is 1160. The van der Waals surface area contributed by atoms with Crippen LogP contribution in [0.4, 0.5) is 0 Å². The number of benzene rings is 2. The fourth-order valence-corrected chi connectivity index (χ4v) is 5.98. The van der Waals surface area contributed by atoms with E-state index in [9.17, 15) is 13.2 Å². The van der Waals surface area contributed by atoms with E-state index in [4.69, 9.17) is 21.1 Å². The molecule has 0 spiro atoms. The molecule has 1 atom stereocenters. The van der Waals surface area contributed by atoms with Crippen LogP contribution < -0.4 is 9.47 Å². The molecule has 0 amide bonds. The first-order valence-electron chi connectivity index (χ1n) is 9.32. The van der Waals surface area contributed by atoms with Gasteiger partial charge in [-0.1, -0.05) is 23.7 Å². The molecule has 3 heterocycles. The topological polar surface area (TPSA) is 72.9 Å². The molecule has 0 bridgehead atoms. The minimum absolute atomic E-state index is 0.0809. The van der Waals surface area contributed by atoms with E-state index in [1.54, 1.807) is 30.3 Å². The van der Waals surface area contributed by atoms with E-state index >= 15 is 0 Å². The molecule has 0 aliphatic carbocycles. The van der Waals surface area contributed by atoms with Gasteiger partial charge in [-0.3, -0.25) is 9.69 Å². The molecule has 0 unspecified atom stereocenters. The molecule has 6 nitrogen and oxygen atoms in total. The van der Waals surface area contributed by atoms with Crippen molar-refractivity contribution in [2.24, 2.45) is 0 Å². The molecule has 0 saturated carbocycles. The van der Waals surface area contributed by atoms with Gasteiger partial charge in [0.05, 0.1) is 22.6 Å². The van der Waals surface area contributed by atoms with Gasteiger partial charge in [0.2, 0.25) is 5.78 Å². The first-order chi connectivity index (χ1) is 13.9. The summed E-state index contributed by atoms with van der Waals surface area (Å²) in [6.07, 6.45) is 2.27.